The van der Waals surface area contributed by atoms with Gasteiger partial charge in [0.25, 0.3) is 0 Å². The monoisotopic (exact) mass is 293 g/mol. The van der Waals surface area contributed by atoms with Gasteiger partial charge in [-0.25, -0.2) is 0 Å². The molecule has 2 aliphatic rings. The molecule has 1 saturated carbocycles. The summed E-state index contributed by atoms with van der Waals surface area (Å²) in [5.41, 5.74) is 0.485. The Balaban J connectivity index is 1.80. The van der Waals surface area contributed by atoms with Crippen molar-refractivity contribution < 1.29 is 19.1 Å². The van der Waals surface area contributed by atoms with Gasteiger partial charge in [0, 0.05) is 5.02 Å². The summed E-state index contributed by atoms with van der Waals surface area (Å²) >= 11 is 5.78. The van der Waals surface area contributed by atoms with Crippen LogP contribution in [0, 0.1) is 17.8 Å². The highest BCUT2D eigenvalue weighted by molar-refractivity contribution is 6.31. The fourth-order valence-corrected chi connectivity index (χ4v) is 2.83. The van der Waals surface area contributed by atoms with Crippen LogP contribution in [0.25, 0.3) is 0 Å². The number of anilines is 1. The van der Waals surface area contributed by atoms with E-state index in [-0.39, 0.29) is 18.4 Å². The smallest absolute Gasteiger partial charge is 0.310 e. The molecule has 104 valence electrons. The maximum absolute atomic E-state index is 12.2. The quantitative estimate of drug-likeness (QED) is 0.628. The second-order valence-electron chi connectivity index (χ2n) is 4.82. The van der Waals surface area contributed by atoms with Crippen LogP contribution in [-0.2, 0) is 19.1 Å². The van der Waals surface area contributed by atoms with Gasteiger partial charge < -0.3 is 4.74 Å². The van der Waals surface area contributed by atoms with Gasteiger partial charge >= 0.3 is 5.97 Å². The highest BCUT2D eigenvalue weighted by Gasteiger charge is 2.71. The third kappa shape index (κ3) is 1.81. The van der Waals surface area contributed by atoms with Crippen LogP contribution in [-0.4, -0.2) is 24.4 Å². The molecule has 1 aliphatic carbocycles. The van der Waals surface area contributed by atoms with E-state index in [2.05, 4.69) is 0 Å². The summed E-state index contributed by atoms with van der Waals surface area (Å²) in [5, 5.41) is 0.530. The van der Waals surface area contributed by atoms with Gasteiger partial charge in [-0.05, 0) is 31.2 Å². The molecule has 0 N–H and O–H groups in total. The van der Waals surface area contributed by atoms with Crippen molar-refractivity contribution in [2.75, 3.05) is 11.5 Å². The van der Waals surface area contributed by atoms with Crippen LogP contribution in [0.15, 0.2) is 24.3 Å². The molecular formula is C14H12ClNO4. The van der Waals surface area contributed by atoms with E-state index in [0.717, 1.165) is 4.90 Å². The van der Waals surface area contributed by atoms with Gasteiger partial charge in [0.2, 0.25) is 11.8 Å². The number of rotatable bonds is 3. The van der Waals surface area contributed by atoms with Gasteiger partial charge in [-0.3, -0.25) is 19.3 Å². The number of esters is 1. The molecule has 20 heavy (non-hydrogen) atoms. The zero-order valence-electron chi connectivity index (χ0n) is 10.7. The molecule has 6 heteroatoms. The van der Waals surface area contributed by atoms with Crippen LogP contribution in [0.2, 0.25) is 5.02 Å². The number of piperidine rings is 1. The molecule has 2 fully saturated rings. The summed E-state index contributed by atoms with van der Waals surface area (Å²) < 4.78 is 4.88. The second kappa shape index (κ2) is 4.59. The van der Waals surface area contributed by atoms with Crippen LogP contribution in [0.1, 0.15) is 6.92 Å². The molecule has 0 spiro atoms. The number of carbonyl (C=O) groups excluding carboxylic acids is 3. The van der Waals surface area contributed by atoms with Crippen LogP contribution in [0.4, 0.5) is 5.69 Å². The van der Waals surface area contributed by atoms with Crippen LogP contribution < -0.4 is 4.90 Å². The number of fused-ring (bicyclic) bond motifs is 1. The van der Waals surface area contributed by atoms with E-state index >= 15 is 0 Å². The minimum absolute atomic E-state index is 0.248. The molecule has 0 unspecified atom stereocenters. The standard InChI is InChI=1S/C14H12ClNO4/c1-2-20-14(19)11-9-10(11)13(18)16(12(9)17)8-5-3-7(15)4-6-8/h3-6,9-11H,2H2,1H3/t9-,10-/m0/s1. The Morgan fingerprint density at radius 2 is 1.75 bits per heavy atom. The predicted octanol–water partition coefficient (Wildman–Crippen LogP) is 1.64. The lowest BCUT2D eigenvalue weighted by Gasteiger charge is -2.18. The van der Waals surface area contributed by atoms with Gasteiger partial charge in [-0.15, -0.1) is 0 Å². The lowest BCUT2D eigenvalue weighted by Crippen LogP contribution is -2.36. The van der Waals surface area contributed by atoms with Crippen molar-refractivity contribution in [3.63, 3.8) is 0 Å². The maximum Gasteiger partial charge on any atom is 0.310 e. The number of nitrogens with zero attached hydrogens (tertiary/aromatic N) is 1. The Bertz CT molecular complexity index is 576. The van der Waals surface area contributed by atoms with E-state index in [1.807, 2.05) is 0 Å². The molecule has 1 aromatic carbocycles. The molecule has 1 heterocycles. The van der Waals surface area contributed by atoms with E-state index in [1.54, 1.807) is 31.2 Å². The molecule has 1 aliphatic heterocycles. The first kappa shape index (κ1) is 13.1. The van der Waals surface area contributed by atoms with Gasteiger partial charge in [0.05, 0.1) is 30.0 Å². The lowest BCUT2D eigenvalue weighted by molar-refractivity contribution is -0.147. The Hall–Kier alpha value is -1.88. The summed E-state index contributed by atoms with van der Waals surface area (Å²) in [6, 6.07) is 6.46. The average molecular weight is 294 g/mol. The Morgan fingerprint density at radius 1 is 1.20 bits per heavy atom. The van der Waals surface area contributed by atoms with Crippen LogP contribution in [0.3, 0.4) is 0 Å². The minimum Gasteiger partial charge on any atom is -0.466 e. The molecule has 0 aromatic heterocycles. The number of amides is 2. The topological polar surface area (TPSA) is 63.7 Å². The van der Waals surface area contributed by atoms with E-state index < -0.39 is 23.7 Å². The third-order valence-electron chi connectivity index (χ3n) is 3.67. The van der Waals surface area contributed by atoms with Crippen molar-refractivity contribution >= 4 is 35.1 Å². The molecule has 2 atom stereocenters. The van der Waals surface area contributed by atoms with Gasteiger partial charge in [0.1, 0.15) is 0 Å². The van der Waals surface area contributed by atoms with Gasteiger partial charge in [-0.1, -0.05) is 11.6 Å². The normalized spacial score (nSPS) is 27.5. The van der Waals surface area contributed by atoms with Crippen molar-refractivity contribution in [2.24, 2.45) is 17.8 Å². The van der Waals surface area contributed by atoms with Crippen molar-refractivity contribution in [2.45, 2.75) is 6.92 Å². The Labute approximate surface area is 120 Å². The first-order valence-electron chi connectivity index (χ1n) is 6.36. The summed E-state index contributed by atoms with van der Waals surface area (Å²) in [6.45, 7) is 1.94. The number of ether oxygens (including phenoxy) is 1. The number of hydrogen-bond acceptors (Lipinski definition) is 4. The second-order valence-corrected chi connectivity index (χ2v) is 5.25. The van der Waals surface area contributed by atoms with Crippen molar-refractivity contribution in [3.05, 3.63) is 29.3 Å². The first-order chi connectivity index (χ1) is 9.56. The Kier molecular flexibility index (Phi) is 3.01. The molecule has 0 bridgehead atoms. The fourth-order valence-electron chi connectivity index (χ4n) is 2.71. The van der Waals surface area contributed by atoms with Gasteiger partial charge in [-0.2, -0.15) is 0 Å². The van der Waals surface area contributed by atoms with Crippen LogP contribution >= 0.6 is 11.6 Å². The third-order valence-corrected chi connectivity index (χ3v) is 3.93. The zero-order chi connectivity index (χ0) is 14.4. The molecule has 1 aromatic rings. The highest BCUT2D eigenvalue weighted by atomic mass is 35.5. The van der Waals surface area contributed by atoms with Crippen molar-refractivity contribution in [3.8, 4) is 0 Å². The van der Waals surface area contributed by atoms with E-state index in [1.165, 1.54) is 0 Å². The molecule has 2 amide bonds. The Morgan fingerprint density at radius 3 is 2.25 bits per heavy atom. The molecule has 1 saturated heterocycles. The number of halogens is 1. The summed E-state index contributed by atoms with van der Waals surface area (Å²) in [7, 11) is 0. The molecule has 5 nitrogen and oxygen atoms in total. The fraction of sp³-hybridized carbons (Fsp3) is 0.357. The van der Waals surface area contributed by atoms with Gasteiger partial charge in [0.15, 0.2) is 0 Å². The van der Waals surface area contributed by atoms with Crippen molar-refractivity contribution in [1.82, 2.24) is 0 Å². The number of imide groups is 1. The zero-order valence-corrected chi connectivity index (χ0v) is 11.5. The maximum atomic E-state index is 12.2. The summed E-state index contributed by atoms with van der Waals surface area (Å²) in [5.74, 6) is -2.84. The van der Waals surface area contributed by atoms with E-state index in [0.29, 0.717) is 10.7 Å². The van der Waals surface area contributed by atoms with Crippen LogP contribution in [0.5, 0.6) is 0 Å². The number of hydrogen-bond donors (Lipinski definition) is 0. The summed E-state index contributed by atoms with van der Waals surface area (Å²) in [4.78, 5) is 37.2. The highest BCUT2D eigenvalue weighted by Crippen LogP contribution is 2.54. The molecule has 0 radical (unpaired) electrons. The molecular weight excluding hydrogens is 282 g/mol. The van der Waals surface area contributed by atoms with Crippen molar-refractivity contribution in [1.29, 1.82) is 0 Å². The first-order valence-corrected chi connectivity index (χ1v) is 6.74. The SMILES string of the molecule is CCOC(=O)C1[C@H]2C(=O)N(c3ccc(Cl)cc3)C(=O)[C@H]12. The number of benzene rings is 1. The predicted molar refractivity (Wildman–Crippen MR) is 71.0 cm³/mol. The minimum atomic E-state index is -0.599. The largest absolute Gasteiger partial charge is 0.466 e. The van der Waals surface area contributed by atoms with E-state index in [4.69, 9.17) is 16.3 Å². The van der Waals surface area contributed by atoms with E-state index in [9.17, 15) is 14.4 Å². The lowest BCUT2D eigenvalue weighted by atomic mass is 10.2. The number of carbonyl (C=O) groups is 3. The molecule has 3 rings (SSSR count). The summed E-state index contributed by atoms with van der Waals surface area (Å²) in [6.07, 6.45) is 0. The average Bonchev–Trinajstić information content (AvgIpc) is 3.11.